The lowest BCUT2D eigenvalue weighted by Gasteiger charge is -2.17. The first-order valence-corrected chi connectivity index (χ1v) is 7.29. The van der Waals surface area contributed by atoms with Crippen LogP contribution in [0.5, 0.6) is 11.5 Å². The number of rotatable bonds is 8. The van der Waals surface area contributed by atoms with Crippen LogP contribution >= 0.6 is 0 Å². The minimum absolute atomic E-state index is 0.0209. The first kappa shape index (κ1) is 16.3. The second kappa shape index (κ2) is 7.82. The van der Waals surface area contributed by atoms with E-state index in [0.717, 1.165) is 23.4 Å². The number of nitrogens with zero attached hydrogens (tertiary/aromatic N) is 1. The molecule has 1 aromatic heterocycles. The first-order valence-electron chi connectivity index (χ1n) is 7.29. The molecule has 0 radical (unpaired) electrons. The molecule has 0 spiro atoms. The van der Waals surface area contributed by atoms with Crippen molar-refractivity contribution in [2.45, 2.75) is 26.4 Å². The molecule has 2 aromatic rings. The number of ether oxygens (including phenoxy) is 2. The second-order valence-corrected chi connectivity index (χ2v) is 5.11. The molecule has 6 heteroatoms. The maximum Gasteiger partial charge on any atom is 0.161 e. The van der Waals surface area contributed by atoms with E-state index in [0.29, 0.717) is 11.5 Å². The zero-order valence-corrected chi connectivity index (χ0v) is 13.2. The van der Waals surface area contributed by atoms with Crippen LogP contribution in [0.3, 0.4) is 0 Å². The van der Waals surface area contributed by atoms with E-state index >= 15 is 0 Å². The van der Waals surface area contributed by atoms with Gasteiger partial charge in [0.05, 0.1) is 19.9 Å². The molecular formula is C16H23N3O3. The highest BCUT2D eigenvalue weighted by Crippen LogP contribution is 2.30. The predicted octanol–water partition coefficient (Wildman–Crippen LogP) is 1.95. The first-order chi connectivity index (χ1) is 10.7. The number of aryl methyl sites for hydroxylation is 1. The van der Waals surface area contributed by atoms with Gasteiger partial charge >= 0.3 is 0 Å². The van der Waals surface area contributed by atoms with Crippen LogP contribution in [0, 0.1) is 6.92 Å². The molecule has 0 aliphatic rings. The SMILES string of the molecule is COc1cc([C@@H](C)NCc2cn[nH]c2C)ccc1OCCO. The van der Waals surface area contributed by atoms with Gasteiger partial charge in [0.2, 0.25) is 0 Å². The number of aromatic nitrogens is 2. The molecule has 1 atom stereocenters. The molecule has 0 unspecified atom stereocenters. The summed E-state index contributed by atoms with van der Waals surface area (Å²) in [6.07, 6.45) is 1.83. The van der Waals surface area contributed by atoms with Crippen LogP contribution in [-0.4, -0.2) is 35.6 Å². The highest BCUT2D eigenvalue weighted by atomic mass is 16.5. The summed E-state index contributed by atoms with van der Waals surface area (Å²) in [4.78, 5) is 0. The van der Waals surface area contributed by atoms with Gasteiger partial charge in [-0.15, -0.1) is 0 Å². The van der Waals surface area contributed by atoms with E-state index in [-0.39, 0.29) is 19.3 Å². The number of hydrogen-bond acceptors (Lipinski definition) is 5. The fraction of sp³-hybridized carbons (Fsp3) is 0.438. The van der Waals surface area contributed by atoms with Crippen LogP contribution in [0.25, 0.3) is 0 Å². The largest absolute Gasteiger partial charge is 0.493 e. The molecule has 1 heterocycles. The predicted molar refractivity (Wildman–Crippen MR) is 84.2 cm³/mol. The van der Waals surface area contributed by atoms with E-state index in [1.807, 2.05) is 31.3 Å². The number of aliphatic hydroxyl groups is 1. The second-order valence-electron chi connectivity index (χ2n) is 5.11. The number of H-pyrrole nitrogens is 1. The fourth-order valence-corrected chi connectivity index (χ4v) is 2.16. The molecular weight excluding hydrogens is 282 g/mol. The Kier molecular flexibility index (Phi) is 5.80. The molecule has 0 saturated heterocycles. The molecule has 6 nitrogen and oxygen atoms in total. The summed E-state index contributed by atoms with van der Waals surface area (Å²) in [7, 11) is 1.61. The fourth-order valence-electron chi connectivity index (χ4n) is 2.16. The Balaban J connectivity index is 2.02. The van der Waals surface area contributed by atoms with Crippen LogP contribution in [0.15, 0.2) is 24.4 Å². The van der Waals surface area contributed by atoms with E-state index in [1.54, 1.807) is 7.11 Å². The molecule has 22 heavy (non-hydrogen) atoms. The lowest BCUT2D eigenvalue weighted by atomic mass is 10.1. The third-order valence-electron chi connectivity index (χ3n) is 3.57. The van der Waals surface area contributed by atoms with Crippen LogP contribution in [0.1, 0.15) is 29.8 Å². The number of aliphatic hydroxyl groups excluding tert-OH is 1. The van der Waals surface area contributed by atoms with E-state index < -0.39 is 0 Å². The van der Waals surface area contributed by atoms with E-state index in [1.165, 1.54) is 0 Å². The zero-order chi connectivity index (χ0) is 15.9. The zero-order valence-electron chi connectivity index (χ0n) is 13.2. The van der Waals surface area contributed by atoms with Gasteiger partial charge in [-0.2, -0.15) is 5.10 Å². The Labute approximate surface area is 130 Å². The van der Waals surface area contributed by atoms with E-state index in [4.69, 9.17) is 14.6 Å². The van der Waals surface area contributed by atoms with Crippen molar-refractivity contribution < 1.29 is 14.6 Å². The van der Waals surface area contributed by atoms with Crippen molar-refractivity contribution in [3.05, 3.63) is 41.2 Å². The summed E-state index contributed by atoms with van der Waals surface area (Å²) in [6, 6.07) is 5.97. The lowest BCUT2D eigenvalue weighted by molar-refractivity contribution is 0.196. The van der Waals surface area contributed by atoms with Gasteiger partial charge in [-0.05, 0) is 31.5 Å². The topological polar surface area (TPSA) is 79.4 Å². The molecule has 0 saturated carbocycles. The Hall–Kier alpha value is -2.05. The van der Waals surface area contributed by atoms with Gasteiger partial charge in [0.1, 0.15) is 6.61 Å². The average molecular weight is 305 g/mol. The Morgan fingerprint density at radius 1 is 1.36 bits per heavy atom. The van der Waals surface area contributed by atoms with Crippen molar-refractivity contribution in [2.75, 3.05) is 20.3 Å². The minimum atomic E-state index is -0.0209. The monoisotopic (exact) mass is 305 g/mol. The number of methoxy groups -OCH3 is 1. The van der Waals surface area contributed by atoms with Crippen LogP contribution in [-0.2, 0) is 6.54 Å². The molecule has 0 aliphatic carbocycles. The van der Waals surface area contributed by atoms with Crippen LogP contribution < -0.4 is 14.8 Å². The molecule has 0 amide bonds. The summed E-state index contributed by atoms with van der Waals surface area (Å²) >= 11 is 0. The molecule has 0 bridgehead atoms. The Bertz CT molecular complexity index is 598. The maximum absolute atomic E-state index is 8.83. The summed E-state index contributed by atoms with van der Waals surface area (Å²) < 4.78 is 10.8. The molecule has 120 valence electrons. The van der Waals surface area contributed by atoms with E-state index in [9.17, 15) is 0 Å². The Morgan fingerprint density at radius 3 is 2.82 bits per heavy atom. The van der Waals surface area contributed by atoms with Crippen molar-refractivity contribution in [1.29, 1.82) is 0 Å². The van der Waals surface area contributed by atoms with Crippen molar-refractivity contribution in [1.82, 2.24) is 15.5 Å². The lowest BCUT2D eigenvalue weighted by Crippen LogP contribution is -2.18. The highest BCUT2D eigenvalue weighted by Gasteiger charge is 2.11. The molecule has 0 fully saturated rings. The van der Waals surface area contributed by atoms with Crippen LogP contribution in [0.4, 0.5) is 0 Å². The maximum atomic E-state index is 8.83. The van der Waals surface area contributed by atoms with Crippen molar-refractivity contribution >= 4 is 0 Å². The molecule has 3 N–H and O–H groups in total. The van der Waals surface area contributed by atoms with Crippen molar-refractivity contribution in [3.8, 4) is 11.5 Å². The van der Waals surface area contributed by atoms with E-state index in [2.05, 4.69) is 22.4 Å². The average Bonchev–Trinajstić information content (AvgIpc) is 2.95. The highest BCUT2D eigenvalue weighted by molar-refractivity contribution is 5.43. The van der Waals surface area contributed by atoms with Gasteiger partial charge in [0, 0.05) is 23.8 Å². The van der Waals surface area contributed by atoms with Crippen molar-refractivity contribution in [3.63, 3.8) is 0 Å². The van der Waals surface area contributed by atoms with Gasteiger partial charge in [0.25, 0.3) is 0 Å². The van der Waals surface area contributed by atoms with Gasteiger partial charge in [-0.1, -0.05) is 6.07 Å². The Morgan fingerprint density at radius 2 is 2.18 bits per heavy atom. The normalized spacial score (nSPS) is 12.2. The third kappa shape index (κ3) is 3.99. The summed E-state index contributed by atoms with van der Waals surface area (Å²) in [5.41, 5.74) is 3.33. The molecule has 0 aliphatic heterocycles. The smallest absolute Gasteiger partial charge is 0.161 e. The van der Waals surface area contributed by atoms with Gasteiger partial charge in [-0.3, -0.25) is 5.10 Å². The third-order valence-corrected chi connectivity index (χ3v) is 3.57. The number of nitrogens with one attached hydrogen (secondary N) is 2. The van der Waals surface area contributed by atoms with Gasteiger partial charge < -0.3 is 19.9 Å². The van der Waals surface area contributed by atoms with Crippen LogP contribution in [0.2, 0.25) is 0 Å². The van der Waals surface area contributed by atoms with Gasteiger partial charge in [0.15, 0.2) is 11.5 Å². The minimum Gasteiger partial charge on any atom is -0.493 e. The number of hydrogen-bond donors (Lipinski definition) is 3. The standard InChI is InChI=1S/C16H23N3O3/c1-11(17-9-14-10-18-19-12(14)2)13-4-5-15(22-7-6-20)16(8-13)21-3/h4-5,8,10-11,17,20H,6-7,9H2,1-3H3,(H,18,19)/t11-/m1/s1. The summed E-state index contributed by atoms with van der Waals surface area (Å²) in [5.74, 6) is 1.30. The molecule has 2 rings (SSSR count). The molecule has 1 aromatic carbocycles. The van der Waals surface area contributed by atoms with Gasteiger partial charge in [-0.25, -0.2) is 0 Å². The number of aromatic amines is 1. The quantitative estimate of drug-likeness (QED) is 0.694. The summed E-state index contributed by atoms with van der Waals surface area (Å²) in [6.45, 7) is 5.08. The van der Waals surface area contributed by atoms with Crippen molar-refractivity contribution in [2.24, 2.45) is 0 Å². The summed E-state index contributed by atoms with van der Waals surface area (Å²) in [5, 5.41) is 19.2. The number of benzene rings is 1.